The molecule has 2 aromatic rings. The highest BCUT2D eigenvalue weighted by atomic mass is 32.2. The minimum absolute atomic E-state index is 0.0938. The van der Waals surface area contributed by atoms with Crippen molar-refractivity contribution < 1.29 is 13.2 Å². The van der Waals surface area contributed by atoms with Gasteiger partial charge in [0.1, 0.15) is 0 Å². The number of fused-ring (bicyclic) bond motifs is 1. The maximum absolute atomic E-state index is 12.6. The van der Waals surface area contributed by atoms with Crippen molar-refractivity contribution in [1.29, 1.82) is 0 Å². The van der Waals surface area contributed by atoms with Crippen molar-refractivity contribution in [1.82, 2.24) is 0 Å². The maximum atomic E-state index is 12.6. The highest BCUT2D eigenvalue weighted by Gasteiger charge is 2.49. The quantitative estimate of drug-likeness (QED) is 0.774. The summed E-state index contributed by atoms with van der Waals surface area (Å²) in [7, 11) is -3.08. The average Bonchev–Trinajstić information content (AvgIpc) is 3.09. The van der Waals surface area contributed by atoms with E-state index in [9.17, 15) is 13.2 Å². The lowest BCUT2D eigenvalue weighted by atomic mass is 10.1. The van der Waals surface area contributed by atoms with Crippen LogP contribution in [0, 0.1) is 13.8 Å². The number of amides is 1. The van der Waals surface area contributed by atoms with Crippen LogP contribution in [0.25, 0.3) is 0 Å². The predicted octanol–water partition coefficient (Wildman–Crippen LogP) is 3.22. The first kappa shape index (κ1) is 18.3. The summed E-state index contributed by atoms with van der Waals surface area (Å²) in [4.78, 5) is 19.0. The average molecular weight is 401 g/mol. The van der Waals surface area contributed by atoms with E-state index >= 15 is 0 Å². The summed E-state index contributed by atoms with van der Waals surface area (Å²) in [5.41, 5.74) is 3.64. The third-order valence-corrected chi connectivity index (χ3v) is 8.33. The molecule has 5 nitrogen and oxygen atoms in total. The molecule has 2 fully saturated rings. The Labute approximate surface area is 163 Å². The number of hydrogen-bond acceptors (Lipinski definition) is 4. The van der Waals surface area contributed by atoms with Gasteiger partial charge in [-0.05, 0) is 43.2 Å². The van der Waals surface area contributed by atoms with Gasteiger partial charge in [0, 0.05) is 16.5 Å². The van der Waals surface area contributed by atoms with E-state index in [4.69, 9.17) is 0 Å². The number of benzene rings is 2. The molecule has 0 aliphatic carbocycles. The van der Waals surface area contributed by atoms with Gasteiger partial charge in [-0.2, -0.15) is 4.99 Å². The standard InChI is InChI=1S/C20H20N2O3S2/c1-13-7-6-10-16(14(13)2)22-17-11-27(24,25)12-18(17)26-20(22)21-19(23)15-8-4-3-5-9-15/h3-10,17-18H,11-12H2,1-2H3/t17-,18-/m1/s1. The summed E-state index contributed by atoms with van der Waals surface area (Å²) < 4.78 is 24.4. The van der Waals surface area contributed by atoms with E-state index in [0.29, 0.717) is 10.7 Å². The number of aryl methyl sites for hydroxylation is 1. The molecule has 0 saturated carbocycles. The molecule has 0 spiro atoms. The number of carbonyl (C=O) groups excluding carboxylic acids is 1. The molecular weight excluding hydrogens is 380 g/mol. The molecule has 2 saturated heterocycles. The van der Waals surface area contributed by atoms with Gasteiger partial charge in [0.05, 0.1) is 17.5 Å². The number of carbonyl (C=O) groups is 1. The minimum atomic E-state index is -3.08. The maximum Gasteiger partial charge on any atom is 0.279 e. The Morgan fingerprint density at radius 1 is 1.07 bits per heavy atom. The van der Waals surface area contributed by atoms with Crippen LogP contribution >= 0.6 is 11.8 Å². The van der Waals surface area contributed by atoms with E-state index in [0.717, 1.165) is 16.8 Å². The lowest BCUT2D eigenvalue weighted by Crippen LogP contribution is -2.38. The number of amidine groups is 1. The lowest BCUT2D eigenvalue weighted by Gasteiger charge is -2.26. The third kappa shape index (κ3) is 3.41. The van der Waals surface area contributed by atoms with E-state index in [1.165, 1.54) is 11.8 Å². The highest BCUT2D eigenvalue weighted by Crippen LogP contribution is 2.42. The second-order valence-corrected chi connectivity index (χ2v) is 10.3. The van der Waals surface area contributed by atoms with Crippen molar-refractivity contribution in [2.75, 3.05) is 16.4 Å². The van der Waals surface area contributed by atoms with Gasteiger partial charge in [0.15, 0.2) is 15.0 Å². The molecule has 2 aromatic carbocycles. The number of rotatable bonds is 2. The predicted molar refractivity (Wildman–Crippen MR) is 110 cm³/mol. The number of anilines is 1. The van der Waals surface area contributed by atoms with Crippen LogP contribution in [0.4, 0.5) is 5.69 Å². The summed E-state index contributed by atoms with van der Waals surface area (Å²) >= 11 is 1.40. The second kappa shape index (κ2) is 6.80. The Morgan fingerprint density at radius 2 is 1.81 bits per heavy atom. The minimum Gasteiger partial charge on any atom is -0.315 e. The zero-order valence-electron chi connectivity index (χ0n) is 15.1. The monoisotopic (exact) mass is 400 g/mol. The molecule has 0 bridgehead atoms. The Balaban J connectivity index is 1.78. The van der Waals surface area contributed by atoms with Crippen LogP contribution in [0.3, 0.4) is 0 Å². The van der Waals surface area contributed by atoms with Crippen LogP contribution in [0.1, 0.15) is 21.5 Å². The smallest absolute Gasteiger partial charge is 0.279 e. The van der Waals surface area contributed by atoms with Gasteiger partial charge in [-0.25, -0.2) is 8.42 Å². The molecule has 4 rings (SSSR count). The molecule has 140 valence electrons. The molecule has 2 aliphatic rings. The fourth-order valence-electron chi connectivity index (χ4n) is 3.57. The van der Waals surface area contributed by atoms with Crippen LogP contribution in [-0.4, -0.2) is 42.3 Å². The molecule has 2 heterocycles. The first-order chi connectivity index (χ1) is 12.9. The van der Waals surface area contributed by atoms with E-state index in [2.05, 4.69) is 4.99 Å². The fourth-order valence-corrected chi connectivity index (χ4v) is 7.48. The Hall–Kier alpha value is -2.12. The molecule has 7 heteroatoms. The summed E-state index contributed by atoms with van der Waals surface area (Å²) in [6.07, 6.45) is 0. The number of nitrogens with zero attached hydrogens (tertiary/aromatic N) is 2. The Bertz CT molecular complexity index is 1030. The first-order valence-corrected chi connectivity index (χ1v) is 11.5. The lowest BCUT2D eigenvalue weighted by molar-refractivity contribution is 0.100. The summed E-state index contributed by atoms with van der Waals surface area (Å²) in [5.74, 6) is -0.0880. The normalized spacial score (nSPS) is 25.0. The summed E-state index contributed by atoms with van der Waals surface area (Å²) in [5, 5.41) is 0.486. The highest BCUT2D eigenvalue weighted by molar-refractivity contribution is 8.16. The van der Waals surface area contributed by atoms with Gasteiger partial charge in [0.25, 0.3) is 5.91 Å². The van der Waals surface area contributed by atoms with Gasteiger partial charge >= 0.3 is 0 Å². The van der Waals surface area contributed by atoms with Crippen LogP contribution in [0.2, 0.25) is 0 Å². The van der Waals surface area contributed by atoms with Crippen molar-refractivity contribution >= 4 is 38.4 Å². The molecule has 0 aromatic heterocycles. The number of aliphatic imine (C=N–C) groups is 1. The molecule has 0 unspecified atom stereocenters. The van der Waals surface area contributed by atoms with E-state index in [1.54, 1.807) is 24.3 Å². The van der Waals surface area contributed by atoms with Crippen molar-refractivity contribution in [2.24, 2.45) is 4.99 Å². The molecule has 0 N–H and O–H groups in total. The fraction of sp³-hybridized carbons (Fsp3) is 0.300. The third-order valence-electron chi connectivity index (χ3n) is 5.12. The zero-order chi connectivity index (χ0) is 19.2. The number of thioether (sulfide) groups is 1. The largest absolute Gasteiger partial charge is 0.315 e. The van der Waals surface area contributed by atoms with Crippen LogP contribution in [0.15, 0.2) is 53.5 Å². The van der Waals surface area contributed by atoms with Crippen LogP contribution in [0.5, 0.6) is 0 Å². The van der Waals surface area contributed by atoms with Crippen molar-refractivity contribution in [2.45, 2.75) is 25.1 Å². The Kier molecular flexibility index (Phi) is 4.60. The van der Waals surface area contributed by atoms with E-state index < -0.39 is 9.84 Å². The van der Waals surface area contributed by atoms with Gasteiger partial charge in [0.2, 0.25) is 0 Å². The molecule has 2 aliphatic heterocycles. The summed E-state index contributed by atoms with van der Waals surface area (Å²) in [6.45, 7) is 4.04. The first-order valence-electron chi connectivity index (χ1n) is 8.76. The number of hydrogen-bond donors (Lipinski definition) is 0. The zero-order valence-corrected chi connectivity index (χ0v) is 16.8. The van der Waals surface area contributed by atoms with E-state index in [-0.39, 0.29) is 28.7 Å². The van der Waals surface area contributed by atoms with Gasteiger partial charge in [-0.1, -0.05) is 42.1 Å². The topological polar surface area (TPSA) is 66.8 Å². The summed E-state index contributed by atoms with van der Waals surface area (Å²) in [6, 6.07) is 14.7. The molecule has 0 radical (unpaired) electrons. The van der Waals surface area contributed by atoms with Crippen molar-refractivity contribution in [3.05, 3.63) is 65.2 Å². The number of sulfone groups is 1. The van der Waals surface area contributed by atoms with Crippen LogP contribution in [-0.2, 0) is 9.84 Å². The van der Waals surface area contributed by atoms with Gasteiger partial charge < -0.3 is 4.90 Å². The molecule has 2 atom stereocenters. The SMILES string of the molecule is Cc1cccc(N2C(=NC(=O)c3ccccc3)S[C@@H]3CS(=O)(=O)C[C@H]32)c1C. The molecule has 27 heavy (non-hydrogen) atoms. The molecular formula is C20H20N2O3S2. The second-order valence-electron chi connectivity index (χ2n) is 6.96. The van der Waals surface area contributed by atoms with Crippen molar-refractivity contribution in [3.63, 3.8) is 0 Å². The van der Waals surface area contributed by atoms with Gasteiger partial charge in [-0.15, -0.1) is 0 Å². The van der Waals surface area contributed by atoms with Gasteiger partial charge in [-0.3, -0.25) is 4.79 Å². The van der Waals surface area contributed by atoms with Crippen LogP contribution < -0.4 is 4.90 Å². The Morgan fingerprint density at radius 3 is 2.56 bits per heavy atom. The van der Waals surface area contributed by atoms with E-state index in [1.807, 2.05) is 43.0 Å². The molecule has 1 amide bonds. The van der Waals surface area contributed by atoms with Crippen molar-refractivity contribution in [3.8, 4) is 0 Å².